The molecule has 0 atom stereocenters. The van der Waals surface area contributed by atoms with E-state index in [2.05, 4.69) is 10.3 Å². The van der Waals surface area contributed by atoms with Gasteiger partial charge in [-0.25, -0.2) is 17.4 Å². The van der Waals surface area contributed by atoms with Crippen molar-refractivity contribution in [1.82, 2.24) is 24.2 Å². The van der Waals surface area contributed by atoms with E-state index in [9.17, 15) is 18.3 Å². The Morgan fingerprint density at radius 1 is 1.10 bits per heavy atom. The van der Waals surface area contributed by atoms with Crippen molar-refractivity contribution in [3.63, 3.8) is 0 Å². The number of sulfonamides is 1. The van der Waals surface area contributed by atoms with Gasteiger partial charge in [0.15, 0.2) is 5.69 Å². The minimum absolute atomic E-state index is 0.0532. The molecule has 10 nitrogen and oxygen atoms in total. The Balaban J connectivity index is 1.34. The first-order valence-corrected chi connectivity index (χ1v) is 12.0. The van der Waals surface area contributed by atoms with Crippen LogP contribution in [0.3, 0.4) is 0 Å². The maximum Gasteiger partial charge on any atom is 0.276 e. The Morgan fingerprint density at radius 3 is 2.45 bits per heavy atom. The molecule has 1 amide bonds. The summed E-state index contributed by atoms with van der Waals surface area (Å²) in [6, 6.07) is 9.06. The van der Waals surface area contributed by atoms with E-state index in [0.29, 0.717) is 26.3 Å². The molecular weight excluding hydrogens is 422 g/mol. The molecule has 0 aliphatic carbocycles. The zero-order chi connectivity index (χ0) is 21.9. The number of morpholine rings is 1. The van der Waals surface area contributed by atoms with Crippen LogP contribution >= 0.6 is 0 Å². The van der Waals surface area contributed by atoms with Crippen LogP contribution in [0.2, 0.25) is 0 Å². The number of hydrogen-bond acceptors (Lipinski definition) is 7. The molecule has 0 bridgehead atoms. The first-order chi connectivity index (χ1) is 14.8. The summed E-state index contributed by atoms with van der Waals surface area (Å²) in [7, 11) is -3.45. The monoisotopic (exact) mass is 449 g/mol. The predicted molar refractivity (Wildman–Crippen MR) is 112 cm³/mol. The summed E-state index contributed by atoms with van der Waals surface area (Å²) in [5.41, 5.74) is -0.136. The van der Waals surface area contributed by atoms with E-state index in [4.69, 9.17) is 4.74 Å². The van der Waals surface area contributed by atoms with Gasteiger partial charge >= 0.3 is 0 Å². The van der Waals surface area contributed by atoms with Crippen molar-refractivity contribution in [2.75, 3.05) is 39.4 Å². The Morgan fingerprint density at radius 2 is 1.77 bits per heavy atom. The Hall–Kier alpha value is -2.34. The SMILES string of the molecule is O=C(c1cn(CC2(O)CCN(S(=O)(=O)Cc3ccccc3)CC2)nn1)N1CCOCC1. The van der Waals surface area contributed by atoms with Crippen LogP contribution in [0.1, 0.15) is 28.9 Å². The van der Waals surface area contributed by atoms with Crippen LogP contribution in [-0.4, -0.2) is 88.6 Å². The zero-order valence-corrected chi connectivity index (χ0v) is 18.1. The van der Waals surface area contributed by atoms with E-state index < -0.39 is 15.6 Å². The number of piperidine rings is 1. The van der Waals surface area contributed by atoms with Gasteiger partial charge in [0.25, 0.3) is 5.91 Å². The topological polar surface area (TPSA) is 118 Å². The third kappa shape index (κ3) is 5.29. The zero-order valence-electron chi connectivity index (χ0n) is 17.3. The molecule has 0 saturated carbocycles. The molecule has 0 radical (unpaired) electrons. The van der Waals surface area contributed by atoms with Crippen molar-refractivity contribution >= 4 is 15.9 Å². The van der Waals surface area contributed by atoms with Gasteiger partial charge < -0.3 is 14.7 Å². The lowest BCUT2D eigenvalue weighted by molar-refractivity contribution is -0.0224. The fourth-order valence-electron chi connectivity index (χ4n) is 3.92. The molecule has 2 fully saturated rings. The molecule has 3 heterocycles. The predicted octanol–water partition coefficient (Wildman–Crippen LogP) is 0.107. The number of benzene rings is 1. The summed E-state index contributed by atoms with van der Waals surface area (Å²) in [6.45, 7) is 2.67. The highest BCUT2D eigenvalue weighted by molar-refractivity contribution is 7.88. The normalized spacial score (nSPS) is 20.0. The van der Waals surface area contributed by atoms with Crippen molar-refractivity contribution in [2.45, 2.75) is 30.7 Å². The number of nitrogens with zero attached hydrogens (tertiary/aromatic N) is 5. The quantitative estimate of drug-likeness (QED) is 0.665. The number of carbonyl (C=O) groups excluding carboxylic acids is 1. The second kappa shape index (κ2) is 9.03. The van der Waals surface area contributed by atoms with Gasteiger partial charge in [0, 0.05) is 26.2 Å². The van der Waals surface area contributed by atoms with Crippen LogP contribution in [0.4, 0.5) is 0 Å². The van der Waals surface area contributed by atoms with Gasteiger partial charge in [-0.2, -0.15) is 0 Å². The molecule has 0 spiro atoms. The van der Waals surface area contributed by atoms with Crippen LogP contribution in [-0.2, 0) is 27.1 Å². The summed E-state index contributed by atoms with van der Waals surface area (Å²) >= 11 is 0. The maximum absolute atomic E-state index is 12.7. The Bertz CT molecular complexity index is 996. The minimum atomic E-state index is -3.45. The second-order valence-corrected chi connectivity index (χ2v) is 10.0. The van der Waals surface area contributed by atoms with Crippen LogP contribution in [0.25, 0.3) is 0 Å². The van der Waals surface area contributed by atoms with Crippen LogP contribution in [0, 0.1) is 0 Å². The van der Waals surface area contributed by atoms with E-state index in [-0.39, 0.29) is 49.8 Å². The van der Waals surface area contributed by atoms with Crippen molar-refractivity contribution in [1.29, 1.82) is 0 Å². The highest BCUT2D eigenvalue weighted by Gasteiger charge is 2.37. The van der Waals surface area contributed by atoms with Gasteiger partial charge in [-0.05, 0) is 18.4 Å². The summed E-state index contributed by atoms with van der Waals surface area (Å²) in [4.78, 5) is 14.2. The molecule has 1 N–H and O–H groups in total. The first kappa shape index (κ1) is 21.9. The Labute approximate surface area is 181 Å². The standard InChI is InChI=1S/C20H27N5O5S/c26-19(23-10-12-30-13-11-23)18-14-24(22-21-18)16-20(27)6-8-25(9-7-20)31(28,29)15-17-4-2-1-3-5-17/h1-5,14,27H,6-13,15-16H2. The molecular formula is C20H27N5O5S. The lowest BCUT2D eigenvalue weighted by Crippen LogP contribution is -2.48. The molecule has 31 heavy (non-hydrogen) atoms. The summed E-state index contributed by atoms with van der Waals surface area (Å²) in [5, 5.41) is 18.9. The van der Waals surface area contributed by atoms with Crippen molar-refractivity contribution in [2.24, 2.45) is 0 Å². The molecule has 1 aromatic heterocycles. The fraction of sp³-hybridized carbons (Fsp3) is 0.550. The minimum Gasteiger partial charge on any atom is -0.388 e. The van der Waals surface area contributed by atoms with Crippen molar-refractivity contribution < 1.29 is 23.1 Å². The molecule has 0 unspecified atom stereocenters. The van der Waals surface area contributed by atoms with Gasteiger partial charge in [-0.15, -0.1) is 5.10 Å². The number of ether oxygens (including phenoxy) is 1. The number of carbonyl (C=O) groups is 1. The van der Waals surface area contributed by atoms with Crippen molar-refractivity contribution in [3.05, 3.63) is 47.8 Å². The summed E-state index contributed by atoms with van der Waals surface area (Å²) in [5.74, 6) is -0.258. The van der Waals surface area contributed by atoms with Gasteiger partial charge in [0.2, 0.25) is 10.0 Å². The lowest BCUT2D eigenvalue weighted by atomic mass is 9.92. The first-order valence-electron chi connectivity index (χ1n) is 10.4. The molecule has 4 rings (SSSR count). The third-order valence-corrected chi connectivity index (χ3v) is 7.60. The molecule has 1 aromatic carbocycles. The van der Waals surface area contributed by atoms with E-state index in [0.717, 1.165) is 5.56 Å². The second-order valence-electron chi connectivity index (χ2n) is 8.07. The molecule has 11 heteroatoms. The summed E-state index contributed by atoms with van der Waals surface area (Å²) < 4.78 is 33.6. The molecule has 2 aliphatic rings. The van der Waals surface area contributed by atoms with E-state index in [1.807, 2.05) is 18.2 Å². The molecule has 2 saturated heterocycles. The highest BCUT2D eigenvalue weighted by atomic mass is 32.2. The van der Waals surface area contributed by atoms with Crippen LogP contribution < -0.4 is 0 Å². The number of aromatic nitrogens is 3. The number of rotatable bonds is 6. The lowest BCUT2D eigenvalue weighted by Gasteiger charge is -2.37. The Kier molecular flexibility index (Phi) is 6.37. The van der Waals surface area contributed by atoms with Crippen molar-refractivity contribution in [3.8, 4) is 0 Å². The van der Waals surface area contributed by atoms with Gasteiger partial charge in [0.05, 0.1) is 37.3 Å². The third-order valence-electron chi connectivity index (χ3n) is 5.75. The number of aliphatic hydroxyl groups is 1. The maximum atomic E-state index is 12.7. The fourth-order valence-corrected chi connectivity index (χ4v) is 5.45. The smallest absolute Gasteiger partial charge is 0.276 e. The van der Waals surface area contributed by atoms with Gasteiger partial charge in [-0.3, -0.25) is 4.79 Å². The largest absolute Gasteiger partial charge is 0.388 e. The molecule has 168 valence electrons. The molecule has 2 aliphatic heterocycles. The highest BCUT2D eigenvalue weighted by Crippen LogP contribution is 2.26. The van der Waals surface area contributed by atoms with Gasteiger partial charge in [0.1, 0.15) is 0 Å². The van der Waals surface area contributed by atoms with Crippen LogP contribution in [0.15, 0.2) is 36.5 Å². The average molecular weight is 450 g/mol. The molecule has 2 aromatic rings. The van der Waals surface area contributed by atoms with E-state index in [1.54, 1.807) is 17.0 Å². The van der Waals surface area contributed by atoms with E-state index in [1.165, 1.54) is 15.2 Å². The average Bonchev–Trinajstić information content (AvgIpc) is 3.22. The number of hydrogen-bond donors (Lipinski definition) is 1. The number of amides is 1. The van der Waals surface area contributed by atoms with Gasteiger partial charge in [-0.1, -0.05) is 35.5 Å². The summed E-state index contributed by atoms with van der Waals surface area (Å²) in [6.07, 6.45) is 2.11. The van der Waals surface area contributed by atoms with Crippen LogP contribution in [0.5, 0.6) is 0 Å². The van der Waals surface area contributed by atoms with E-state index >= 15 is 0 Å².